The number of aromatic nitrogens is 2. The van der Waals surface area contributed by atoms with Gasteiger partial charge in [-0.15, -0.1) is 0 Å². The second-order valence-electron chi connectivity index (χ2n) is 9.38. The Balaban J connectivity index is 2.08. The first-order valence-electron chi connectivity index (χ1n) is 11.7. The predicted octanol–water partition coefficient (Wildman–Crippen LogP) is 5.35. The van der Waals surface area contributed by atoms with Crippen molar-refractivity contribution in [2.24, 2.45) is 4.99 Å². The van der Waals surface area contributed by atoms with Crippen molar-refractivity contribution < 1.29 is 27.8 Å². The summed E-state index contributed by atoms with van der Waals surface area (Å²) in [6, 6.07) is 11.2. The molecule has 0 spiro atoms. The maximum absolute atomic E-state index is 13.2. The van der Waals surface area contributed by atoms with Gasteiger partial charge < -0.3 is 14.0 Å². The van der Waals surface area contributed by atoms with Crippen LogP contribution in [0.25, 0.3) is 11.0 Å². The lowest BCUT2D eigenvalue weighted by atomic mass is 10.1. The van der Waals surface area contributed by atoms with Crippen LogP contribution in [-0.2, 0) is 27.5 Å². The fourth-order valence-corrected chi connectivity index (χ4v) is 4.73. The first-order valence-corrected chi connectivity index (χ1v) is 15.8. The fraction of sp³-hybridized carbons (Fsp3) is 0.423. The minimum absolute atomic E-state index is 0.0768. The molecule has 202 valence electrons. The minimum atomic E-state index is -2.69. The summed E-state index contributed by atoms with van der Waals surface area (Å²) in [4.78, 5) is 28.8. The molecule has 0 aliphatic rings. The zero-order valence-electron chi connectivity index (χ0n) is 21.4. The number of fused-ring (bicyclic) bond motifs is 1. The highest BCUT2D eigenvalue weighted by Gasteiger charge is 2.16. The summed E-state index contributed by atoms with van der Waals surface area (Å²) < 4.78 is 42.3. The zero-order chi connectivity index (χ0) is 27.2. The van der Waals surface area contributed by atoms with E-state index < -0.39 is 22.4 Å². The molecule has 0 atom stereocenters. The van der Waals surface area contributed by atoms with Gasteiger partial charge in [0.25, 0.3) is 12.3 Å². The largest absolute Gasteiger partial charge is 0.466 e. The summed E-state index contributed by atoms with van der Waals surface area (Å²) in [7, 11) is -0.742. The van der Waals surface area contributed by atoms with Crippen molar-refractivity contribution in [3.8, 4) is 0 Å². The van der Waals surface area contributed by atoms with Crippen LogP contribution < -0.4 is 5.62 Å². The molecule has 0 bridgehead atoms. The van der Waals surface area contributed by atoms with Crippen LogP contribution in [0, 0.1) is 3.57 Å². The van der Waals surface area contributed by atoms with Crippen molar-refractivity contribution >= 4 is 55.5 Å². The van der Waals surface area contributed by atoms with Crippen LogP contribution in [0.5, 0.6) is 0 Å². The van der Waals surface area contributed by atoms with Crippen LogP contribution in [0.15, 0.2) is 47.5 Å². The zero-order valence-corrected chi connectivity index (χ0v) is 24.4. The molecule has 0 N–H and O–H groups in total. The SMILES string of the molecule is CC(=O)OCCCn1/c(=N/C(=O)c2cccc(C(F)F)c2)n(COCCS(C)(C)C)c2cc(I)ccc21. The number of hydrogen-bond acceptors (Lipinski definition) is 4. The molecule has 0 fully saturated rings. The molecule has 1 amide bonds. The number of benzene rings is 2. The molecule has 0 aliphatic heterocycles. The second-order valence-corrected chi connectivity index (χ2v) is 15.2. The van der Waals surface area contributed by atoms with Crippen molar-refractivity contribution in [1.82, 2.24) is 9.13 Å². The highest BCUT2D eigenvalue weighted by atomic mass is 127. The molecule has 0 saturated carbocycles. The third-order valence-electron chi connectivity index (χ3n) is 5.48. The standard InChI is InChI=1S/C26H32F2IN3O4S/c1-18(33)36-12-6-11-31-22-10-9-21(29)16-23(22)32(17-35-13-14-37(2,3)4)26(31)30-25(34)20-8-5-7-19(15-20)24(27)28/h5,7-10,15-16,24H,6,11-14,17H2,1-4H3/b30-26-. The molecule has 1 aromatic heterocycles. The van der Waals surface area contributed by atoms with Crippen LogP contribution in [0.2, 0.25) is 0 Å². The average Bonchev–Trinajstić information content (AvgIpc) is 3.10. The van der Waals surface area contributed by atoms with E-state index in [0.717, 1.165) is 20.4 Å². The Labute approximate surface area is 230 Å². The van der Waals surface area contributed by atoms with Gasteiger partial charge in [0, 0.05) is 33.9 Å². The van der Waals surface area contributed by atoms with Gasteiger partial charge >= 0.3 is 5.97 Å². The van der Waals surface area contributed by atoms with E-state index in [0.29, 0.717) is 25.2 Å². The van der Waals surface area contributed by atoms with Gasteiger partial charge in [0.2, 0.25) is 5.62 Å². The lowest BCUT2D eigenvalue weighted by Crippen LogP contribution is -2.29. The topological polar surface area (TPSA) is 74.8 Å². The summed E-state index contributed by atoms with van der Waals surface area (Å²) >= 11 is 2.22. The van der Waals surface area contributed by atoms with Crippen LogP contribution in [0.1, 0.15) is 35.7 Å². The van der Waals surface area contributed by atoms with E-state index in [1.54, 1.807) is 0 Å². The lowest BCUT2D eigenvalue weighted by Gasteiger charge is -2.24. The Morgan fingerprint density at radius 3 is 2.49 bits per heavy atom. The van der Waals surface area contributed by atoms with Gasteiger partial charge in [-0.2, -0.15) is 4.99 Å². The van der Waals surface area contributed by atoms with Gasteiger partial charge in [-0.3, -0.25) is 14.2 Å². The fourth-order valence-electron chi connectivity index (χ4n) is 3.64. The number of carbonyl (C=O) groups is 2. The monoisotopic (exact) mass is 647 g/mol. The Morgan fingerprint density at radius 1 is 1.05 bits per heavy atom. The van der Waals surface area contributed by atoms with Crippen molar-refractivity contribution in [2.45, 2.75) is 33.0 Å². The molecule has 37 heavy (non-hydrogen) atoms. The van der Waals surface area contributed by atoms with E-state index >= 15 is 0 Å². The first kappa shape index (κ1) is 29.3. The van der Waals surface area contributed by atoms with E-state index in [1.165, 1.54) is 31.2 Å². The molecule has 3 aromatic rings. The molecule has 0 saturated heterocycles. The Morgan fingerprint density at radius 2 is 1.81 bits per heavy atom. The maximum atomic E-state index is 13.2. The quantitative estimate of drug-likeness (QED) is 0.160. The number of amides is 1. The van der Waals surface area contributed by atoms with Crippen LogP contribution in [0.3, 0.4) is 0 Å². The van der Waals surface area contributed by atoms with Gasteiger partial charge in [0.1, 0.15) is 6.73 Å². The number of carbonyl (C=O) groups excluding carboxylic acids is 2. The average molecular weight is 648 g/mol. The number of imidazole rings is 1. The molecular formula is C26H32F2IN3O4S. The molecule has 0 aliphatic carbocycles. The van der Waals surface area contributed by atoms with Gasteiger partial charge in [-0.05, 0) is 78.1 Å². The van der Waals surface area contributed by atoms with Crippen LogP contribution in [0.4, 0.5) is 8.78 Å². The normalized spacial score (nSPS) is 12.9. The Hall–Kier alpha value is -2.25. The predicted molar refractivity (Wildman–Crippen MR) is 151 cm³/mol. The van der Waals surface area contributed by atoms with Gasteiger partial charge in [0.15, 0.2) is 0 Å². The number of nitrogens with zero attached hydrogens (tertiary/aromatic N) is 3. The van der Waals surface area contributed by atoms with Crippen LogP contribution >= 0.6 is 32.6 Å². The van der Waals surface area contributed by atoms with E-state index in [9.17, 15) is 18.4 Å². The van der Waals surface area contributed by atoms with Crippen molar-refractivity contribution in [2.75, 3.05) is 37.7 Å². The minimum Gasteiger partial charge on any atom is -0.466 e. The Bertz CT molecular complexity index is 1330. The smallest absolute Gasteiger partial charge is 0.302 e. The van der Waals surface area contributed by atoms with Crippen LogP contribution in [-0.4, -0.2) is 58.7 Å². The number of rotatable bonds is 11. The molecular weight excluding hydrogens is 615 g/mol. The number of esters is 1. The van der Waals surface area contributed by atoms with Crippen molar-refractivity contribution in [3.63, 3.8) is 0 Å². The lowest BCUT2D eigenvalue weighted by molar-refractivity contribution is -0.141. The van der Waals surface area contributed by atoms with Gasteiger partial charge in [0.05, 0.1) is 24.2 Å². The molecule has 7 nitrogen and oxygen atoms in total. The molecule has 3 rings (SSSR count). The summed E-state index contributed by atoms with van der Waals surface area (Å²) in [5.74, 6) is -0.0673. The molecule has 2 aromatic carbocycles. The van der Waals surface area contributed by atoms with Gasteiger partial charge in [-0.1, -0.05) is 12.1 Å². The third-order valence-corrected chi connectivity index (χ3v) is 7.54. The van der Waals surface area contributed by atoms with E-state index in [2.05, 4.69) is 46.4 Å². The maximum Gasteiger partial charge on any atom is 0.302 e. The highest BCUT2D eigenvalue weighted by Crippen LogP contribution is 2.33. The molecule has 0 radical (unpaired) electrons. The number of hydrogen-bond donors (Lipinski definition) is 0. The number of ether oxygens (including phenoxy) is 2. The summed E-state index contributed by atoms with van der Waals surface area (Å²) in [6.45, 7) is 2.72. The summed E-state index contributed by atoms with van der Waals surface area (Å²) in [5, 5.41) is 0. The number of alkyl halides is 2. The molecule has 1 heterocycles. The third kappa shape index (κ3) is 8.37. The van der Waals surface area contributed by atoms with Crippen molar-refractivity contribution in [1.29, 1.82) is 0 Å². The van der Waals surface area contributed by atoms with E-state index in [4.69, 9.17) is 9.47 Å². The first-order chi connectivity index (χ1) is 17.5. The van der Waals surface area contributed by atoms with E-state index in [1.807, 2.05) is 27.3 Å². The number of halogens is 3. The highest BCUT2D eigenvalue weighted by molar-refractivity contribution is 14.1. The van der Waals surface area contributed by atoms with Crippen molar-refractivity contribution in [3.05, 3.63) is 62.8 Å². The summed E-state index contributed by atoms with van der Waals surface area (Å²) in [5.41, 5.74) is 1.85. The second kappa shape index (κ2) is 13.0. The number of aryl methyl sites for hydroxylation is 1. The van der Waals surface area contributed by atoms with Gasteiger partial charge in [-0.25, -0.2) is 18.8 Å². The molecule has 0 unspecified atom stereocenters. The molecule has 11 heteroatoms. The van der Waals surface area contributed by atoms with E-state index in [-0.39, 0.29) is 30.4 Å². The summed E-state index contributed by atoms with van der Waals surface area (Å²) in [6.07, 6.45) is 4.46. The Kier molecular flexibility index (Phi) is 10.3.